The summed E-state index contributed by atoms with van der Waals surface area (Å²) in [6.07, 6.45) is 0. The first kappa shape index (κ1) is 12.5. The Bertz CT molecular complexity index is 414. The third-order valence-corrected chi connectivity index (χ3v) is 3.81. The maximum absolute atomic E-state index is 10.8. The molecule has 0 spiro atoms. The SMILES string of the molecule is CC1(C)CN(Cc2ccc(C(=O)O)s2)CCO1. The summed E-state index contributed by atoms with van der Waals surface area (Å²) in [5.74, 6) is -0.844. The van der Waals surface area contributed by atoms with Crippen LogP contribution in [0.25, 0.3) is 0 Å². The van der Waals surface area contributed by atoms with E-state index in [9.17, 15) is 4.79 Å². The monoisotopic (exact) mass is 255 g/mol. The molecule has 1 aliphatic heterocycles. The van der Waals surface area contributed by atoms with E-state index in [1.807, 2.05) is 6.07 Å². The van der Waals surface area contributed by atoms with Gasteiger partial charge in [-0.05, 0) is 26.0 Å². The zero-order chi connectivity index (χ0) is 12.5. The average molecular weight is 255 g/mol. The number of thiophene rings is 1. The van der Waals surface area contributed by atoms with Crippen LogP contribution in [0.5, 0.6) is 0 Å². The van der Waals surface area contributed by atoms with Crippen LogP contribution in [0, 0.1) is 0 Å². The zero-order valence-electron chi connectivity index (χ0n) is 10.1. The first-order chi connectivity index (χ1) is 7.96. The van der Waals surface area contributed by atoms with Crippen LogP contribution in [0.15, 0.2) is 12.1 Å². The van der Waals surface area contributed by atoms with Crippen molar-refractivity contribution < 1.29 is 14.6 Å². The van der Waals surface area contributed by atoms with E-state index < -0.39 is 5.97 Å². The normalized spacial score (nSPS) is 20.4. The Balaban J connectivity index is 1.98. The molecular formula is C12H17NO3S. The van der Waals surface area contributed by atoms with Crippen molar-refractivity contribution in [2.75, 3.05) is 19.7 Å². The number of hydrogen-bond acceptors (Lipinski definition) is 4. The molecule has 1 saturated heterocycles. The van der Waals surface area contributed by atoms with E-state index in [4.69, 9.17) is 9.84 Å². The number of carboxylic acids is 1. The Hall–Kier alpha value is -0.910. The van der Waals surface area contributed by atoms with E-state index in [2.05, 4.69) is 18.7 Å². The van der Waals surface area contributed by atoms with Gasteiger partial charge in [-0.25, -0.2) is 4.79 Å². The quantitative estimate of drug-likeness (QED) is 0.898. The van der Waals surface area contributed by atoms with Crippen LogP contribution in [0.4, 0.5) is 0 Å². The summed E-state index contributed by atoms with van der Waals surface area (Å²) in [6, 6.07) is 3.57. The lowest BCUT2D eigenvalue weighted by atomic mass is 10.1. The molecule has 0 amide bonds. The summed E-state index contributed by atoms with van der Waals surface area (Å²) >= 11 is 1.35. The number of nitrogens with zero attached hydrogens (tertiary/aromatic N) is 1. The first-order valence-corrected chi connectivity index (χ1v) is 6.46. The van der Waals surface area contributed by atoms with Gasteiger partial charge < -0.3 is 9.84 Å². The Morgan fingerprint density at radius 1 is 1.59 bits per heavy atom. The topological polar surface area (TPSA) is 49.8 Å². The third-order valence-electron chi connectivity index (χ3n) is 2.76. The first-order valence-electron chi connectivity index (χ1n) is 5.65. The summed E-state index contributed by atoms with van der Waals surface area (Å²) in [4.78, 5) is 14.6. The van der Waals surface area contributed by atoms with Crippen molar-refractivity contribution in [2.24, 2.45) is 0 Å². The summed E-state index contributed by atoms with van der Waals surface area (Å²) in [5, 5.41) is 8.86. The number of morpholine rings is 1. The van der Waals surface area contributed by atoms with Crippen molar-refractivity contribution in [1.29, 1.82) is 0 Å². The number of carbonyl (C=O) groups is 1. The fourth-order valence-corrected chi connectivity index (χ4v) is 2.94. The zero-order valence-corrected chi connectivity index (χ0v) is 10.9. The van der Waals surface area contributed by atoms with E-state index in [1.54, 1.807) is 6.07 Å². The summed E-state index contributed by atoms with van der Waals surface area (Å²) in [6.45, 7) is 7.50. The lowest BCUT2D eigenvalue weighted by molar-refractivity contribution is -0.0880. The van der Waals surface area contributed by atoms with Crippen LogP contribution in [-0.2, 0) is 11.3 Å². The molecule has 1 aromatic rings. The largest absolute Gasteiger partial charge is 0.477 e. The van der Waals surface area contributed by atoms with Gasteiger partial charge in [0.2, 0.25) is 0 Å². The van der Waals surface area contributed by atoms with Crippen molar-refractivity contribution in [2.45, 2.75) is 26.0 Å². The predicted octanol–water partition coefficient (Wildman–Crippen LogP) is 2.06. The molecule has 1 aliphatic rings. The minimum atomic E-state index is -0.844. The molecule has 0 atom stereocenters. The molecule has 94 valence electrons. The molecule has 0 unspecified atom stereocenters. The molecule has 2 rings (SSSR count). The van der Waals surface area contributed by atoms with Crippen LogP contribution in [0.1, 0.15) is 28.4 Å². The highest BCUT2D eigenvalue weighted by Crippen LogP contribution is 2.22. The molecule has 1 fully saturated rings. The molecule has 4 nitrogen and oxygen atoms in total. The lowest BCUT2D eigenvalue weighted by Gasteiger charge is -2.37. The molecule has 0 aliphatic carbocycles. The Morgan fingerprint density at radius 3 is 2.94 bits per heavy atom. The number of ether oxygens (including phenoxy) is 1. The molecule has 1 aromatic heterocycles. The van der Waals surface area contributed by atoms with Gasteiger partial charge in [0.15, 0.2) is 0 Å². The van der Waals surface area contributed by atoms with E-state index in [1.165, 1.54) is 11.3 Å². The fraction of sp³-hybridized carbons (Fsp3) is 0.583. The van der Waals surface area contributed by atoms with Crippen molar-refractivity contribution >= 4 is 17.3 Å². The molecular weight excluding hydrogens is 238 g/mol. The molecule has 0 radical (unpaired) electrons. The average Bonchev–Trinajstić information content (AvgIpc) is 2.64. The Kier molecular flexibility index (Phi) is 3.51. The number of carboxylic acid groups (broad SMARTS) is 1. The highest BCUT2D eigenvalue weighted by atomic mass is 32.1. The summed E-state index contributed by atoms with van der Waals surface area (Å²) in [7, 11) is 0. The maximum Gasteiger partial charge on any atom is 0.345 e. The second kappa shape index (κ2) is 4.76. The predicted molar refractivity (Wildman–Crippen MR) is 66.6 cm³/mol. The summed E-state index contributed by atoms with van der Waals surface area (Å²) in [5.41, 5.74) is -0.106. The number of rotatable bonds is 3. The van der Waals surface area contributed by atoms with Gasteiger partial charge in [0.05, 0.1) is 12.2 Å². The third kappa shape index (κ3) is 3.28. The highest BCUT2D eigenvalue weighted by molar-refractivity contribution is 7.13. The molecule has 2 heterocycles. The maximum atomic E-state index is 10.8. The second-order valence-electron chi connectivity index (χ2n) is 4.89. The van der Waals surface area contributed by atoms with Crippen molar-refractivity contribution in [3.05, 3.63) is 21.9 Å². The van der Waals surface area contributed by atoms with E-state index in [-0.39, 0.29) is 5.60 Å². The van der Waals surface area contributed by atoms with Gasteiger partial charge in [0.1, 0.15) is 4.88 Å². The van der Waals surface area contributed by atoms with Gasteiger partial charge in [-0.1, -0.05) is 0 Å². The Labute approximate surface area is 105 Å². The van der Waals surface area contributed by atoms with Gasteiger partial charge in [0, 0.05) is 24.5 Å². The minimum Gasteiger partial charge on any atom is -0.477 e. The van der Waals surface area contributed by atoms with Gasteiger partial charge in [-0.2, -0.15) is 0 Å². The van der Waals surface area contributed by atoms with Crippen molar-refractivity contribution in [3.63, 3.8) is 0 Å². The van der Waals surface area contributed by atoms with E-state index >= 15 is 0 Å². The van der Waals surface area contributed by atoms with Gasteiger partial charge >= 0.3 is 5.97 Å². The smallest absolute Gasteiger partial charge is 0.345 e. The van der Waals surface area contributed by atoms with Crippen LogP contribution >= 0.6 is 11.3 Å². The molecule has 0 aromatic carbocycles. The second-order valence-corrected chi connectivity index (χ2v) is 6.06. The lowest BCUT2D eigenvalue weighted by Crippen LogP contribution is -2.47. The highest BCUT2D eigenvalue weighted by Gasteiger charge is 2.27. The molecule has 5 heteroatoms. The number of hydrogen-bond donors (Lipinski definition) is 1. The fourth-order valence-electron chi connectivity index (χ4n) is 2.05. The van der Waals surface area contributed by atoms with Gasteiger partial charge in [-0.15, -0.1) is 11.3 Å². The molecule has 1 N–H and O–H groups in total. The Morgan fingerprint density at radius 2 is 2.35 bits per heavy atom. The number of aromatic carboxylic acids is 1. The molecule has 17 heavy (non-hydrogen) atoms. The van der Waals surface area contributed by atoms with E-state index in [0.717, 1.165) is 31.1 Å². The van der Waals surface area contributed by atoms with Crippen LogP contribution in [0.3, 0.4) is 0 Å². The van der Waals surface area contributed by atoms with Crippen LogP contribution in [-0.4, -0.2) is 41.3 Å². The summed E-state index contributed by atoms with van der Waals surface area (Å²) < 4.78 is 5.64. The van der Waals surface area contributed by atoms with Crippen molar-refractivity contribution in [1.82, 2.24) is 4.90 Å². The van der Waals surface area contributed by atoms with Crippen molar-refractivity contribution in [3.8, 4) is 0 Å². The van der Waals surface area contributed by atoms with E-state index in [0.29, 0.717) is 4.88 Å². The van der Waals surface area contributed by atoms with Gasteiger partial charge in [0.25, 0.3) is 0 Å². The molecule has 0 saturated carbocycles. The minimum absolute atomic E-state index is 0.106. The standard InChI is InChI=1S/C12H17NO3S/c1-12(2)8-13(5-6-16-12)7-9-3-4-10(17-9)11(14)15/h3-4H,5-8H2,1-2H3,(H,14,15). The molecule has 0 bridgehead atoms. The van der Waals surface area contributed by atoms with Crippen LogP contribution < -0.4 is 0 Å². The van der Waals surface area contributed by atoms with Crippen LogP contribution in [0.2, 0.25) is 0 Å². The van der Waals surface area contributed by atoms with Gasteiger partial charge in [-0.3, -0.25) is 4.90 Å².